The molecule has 1 fully saturated rings. The van der Waals surface area contributed by atoms with Crippen molar-refractivity contribution in [2.24, 2.45) is 5.92 Å². The number of nitrogens with one attached hydrogen (secondary N) is 1. The molecule has 0 saturated heterocycles. The van der Waals surface area contributed by atoms with Crippen LogP contribution in [0.5, 0.6) is 0 Å². The molecule has 1 N–H and O–H groups in total. The van der Waals surface area contributed by atoms with Crippen molar-refractivity contribution in [2.45, 2.75) is 71.4 Å². The van der Waals surface area contributed by atoms with Gasteiger partial charge in [0, 0.05) is 12.6 Å². The molecule has 0 aromatic carbocycles. The van der Waals surface area contributed by atoms with Crippen LogP contribution in [-0.4, -0.2) is 24.8 Å². The van der Waals surface area contributed by atoms with Crippen LogP contribution in [0.3, 0.4) is 0 Å². The van der Waals surface area contributed by atoms with Gasteiger partial charge in [-0.15, -0.1) is 0 Å². The maximum Gasteiger partial charge on any atom is 0.0781 e. The molecule has 0 radical (unpaired) electrons. The van der Waals surface area contributed by atoms with Crippen molar-refractivity contribution < 1.29 is 4.74 Å². The summed E-state index contributed by atoms with van der Waals surface area (Å²) in [5.74, 6) is 0.813. The van der Waals surface area contributed by atoms with Gasteiger partial charge in [-0.2, -0.15) is 0 Å². The van der Waals surface area contributed by atoms with E-state index in [-0.39, 0.29) is 5.60 Å². The van der Waals surface area contributed by atoms with Crippen LogP contribution in [0, 0.1) is 5.92 Å². The van der Waals surface area contributed by atoms with Crippen molar-refractivity contribution >= 4 is 0 Å². The second kappa shape index (κ2) is 6.61. The number of rotatable bonds is 7. The molecular weight excluding hydrogens is 198 g/mol. The van der Waals surface area contributed by atoms with E-state index in [2.05, 4.69) is 33.0 Å². The van der Waals surface area contributed by atoms with Crippen LogP contribution in [0.1, 0.15) is 59.8 Å². The summed E-state index contributed by atoms with van der Waals surface area (Å²) in [6.07, 6.45) is 6.75. The lowest BCUT2D eigenvalue weighted by molar-refractivity contribution is -0.0523. The highest BCUT2D eigenvalue weighted by Gasteiger charge is 2.36. The SMILES string of the molecule is CCCNC(C1CCCC1)C(C)(C)OCC. The zero-order chi connectivity index (χ0) is 12.0. The van der Waals surface area contributed by atoms with Crippen LogP contribution in [0.2, 0.25) is 0 Å². The summed E-state index contributed by atoms with van der Waals surface area (Å²) in [7, 11) is 0. The summed E-state index contributed by atoms with van der Waals surface area (Å²) < 4.78 is 5.94. The smallest absolute Gasteiger partial charge is 0.0781 e. The average Bonchev–Trinajstić information content (AvgIpc) is 2.71. The van der Waals surface area contributed by atoms with Crippen LogP contribution in [0.4, 0.5) is 0 Å². The van der Waals surface area contributed by atoms with Gasteiger partial charge in [-0.25, -0.2) is 0 Å². The molecule has 2 heteroatoms. The summed E-state index contributed by atoms with van der Waals surface area (Å²) in [6, 6.07) is 0.523. The van der Waals surface area contributed by atoms with Gasteiger partial charge in [0.15, 0.2) is 0 Å². The summed E-state index contributed by atoms with van der Waals surface area (Å²) in [6.45, 7) is 10.7. The second-order valence-electron chi connectivity index (χ2n) is 5.51. The van der Waals surface area contributed by atoms with Crippen molar-refractivity contribution in [3.8, 4) is 0 Å². The lowest BCUT2D eigenvalue weighted by Gasteiger charge is -2.38. The highest BCUT2D eigenvalue weighted by atomic mass is 16.5. The van der Waals surface area contributed by atoms with Gasteiger partial charge in [-0.1, -0.05) is 19.8 Å². The van der Waals surface area contributed by atoms with Crippen LogP contribution in [-0.2, 0) is 4.74 Å². The van der Waals surface area contributed by atoms with Crippen molar-refractivity contribution in [1.82, 2.24) is 5.32 Å². The van der Waals surface area contributed by atoms with Gasteiger partial charge in [-0.05, 0) is 52.5 Å². The number of ether oxygens (including phenoxy) is 1. The second-order valence-corrected chi connectivity index (χ2v) is 5.51. The van der Waals surface area contributed by atoms with E-state index in [1.54, 1.807) is 0 Å². The van der Waals surface area contributed by atoms with Crippen LogP contribution in [0.15, 0.2) is 0 Å². The highest BCUT2D eigenvalue weighted by Crippen LogP contribution is 2.33. The minimum Gasteiger partial charge on any atom is -0.374 e. The molecule has 1 aliphatic rings. The maximum atomic E-state index is 5.94. The van der Waals surface area contributed by atoms with Crippen molar-refractivity contribution in [1.29, 1.82) is 0 Å². The standard InChI is InChI=1S/C14H29NO/c1-5-11-15-13(12-9-7-8-10-12)14(3,4)16-6-2/h12-13,15H,5-11H2,1-4H3. The Kier molecular flexibility index (Phi) is 5.77. The van der Waals surface area contributed by atoms with E-state index in [4.69, 9.17) is 4.74 Å². The molecule has 2 nitrogen and oxygen atoms in total. The summed E-state index contributed by atoms with van der Waals surface area (Å²) in [4.78, 5) is 0. The number of hydrogen-bond donors (Lipinski definition) is 1. The first-order chi connectivity index (χ1) is 7.61. The zero-order valence-corrected chi connectivity index (χ0v) is 11.5. The van der Waals surface area contributed by atoms with E-state index >= 15 is 0 Å². The Bertz CT molecular complexity index is 185. The predicted octanol–water partition coefficient (Wildman–Crippen LogP) is 3.36. The van der Waals surface area contributed by atoms with Crippen LogP contribution < -0.4 is 5.32 Å². The third kappa shape index (κ3) is 3.74. The lowest BCUT2D eigenvalue weighted by atomic mass is 9.85. The molecule has 1 rings (SSSR count). The van der Waals surface area contributed by atoms with Gasteiger partial charge >= 0.3 is 0 Å². The van der Waals surface area contributed by atoms with Crippen molar-refractivity contribution in [2.75, 3.05) is 13.2 Å². The molecule has 0 spiro atoms. The summed E-state index contributed by atoms with van der Waals surface area (Å²) in [5, 5.41) is 3.71. The van der Waals surface area contributed by atoms with Crippen LogP contribution in [0.25, 0.3) is 0 Å². The molecule has 0 amide bonds. The quantitative estimate of drug-likeness (QED) is 0.720. The average molecular weight is 227 g/mol. The van der Waals surface area contributed by atoms with Gasteiger partial charge in [-0.3, -0.25) is 0 Å². The zero-order valence-electron chi connectivity index (χ0n) is 11.5. The molecule has 1 aliphatic carbocycles. The topological polar surface area (TPSA) is 21.3 Å². The summed E-state index contributed by atoms with van der Waals surface area (Å²) >= 11 is 0. The Morgan fingerprint density at radius 1 is 1.25 bits per heavy atom. The Morgan fingerprint density at radius 2 is 1.88 bits per heavy atom. The fourth-order valence-electron chi connectivity index (χ4n) is 3.03. The first kappa shape index (κ1) is 14.0. The Labute approximate surface area is 101 Å². The fraction of sp³-hybridized carbons (Fsp3) is 1.00. The maximum absolute atomic E-state index is 5.94. The van der Waals surface area contributed by atoms with Gasteiger partial charge in [0.05, 0.1) is 5.60 Å². The summed E-state index contributed by atoms with van der Waals surface area (Å²) in [5.41, 5.74) is -0.0288. The number of hydrogen-bond acceptors (Lipinski definition) is 2. The molecular formula is C14H29NO. The van der Waals surface area contributed by atoms with Gasteiger partial charge < -0.3 is 10.1 Å². The molecule has 16 heavy (non-hydrogen) atoms. The fourth-order valence-corrected chi connectivity index (χ4v) is 3.03. The van der Waals surface area contributed by atoms with E-state index in [9.17, 15) is 0 Å². The van der Waals surface area contributed by atoms with E-state index < -0.39 is 0 Å². The molecule has 1 atom stereocenters. The lowest BCUT2D eigenvalue weighted by Crippen LogP contribution is -2.52. The highest BCUT2D eigenvalue weighted by molar-refractivity contribution is 4.92. The molecule has 0 bridgehead atoms. The van der Waals surface area contributed by atoms with Crippen molar-refractivity contribution in [3.05, 3.63) is 0 Å². The van der Waals surface area contributed by atoms with Gasteiger partial charge in [0.1, 0.15) is 0 Å². The predicted molar refractivity (Wildman–Crippen MR) is 69.7 cm³/mol. The normalized spacial score (nSPS) is 20.2. The van der Waals surface area contributed by atoms with E-state index in [0.29, 0.717) is 6.04 Å². The molecule has 1 saturated carbocycles. The van der Waals surface area contributed by atoms with Gasteiger partial charge in [0.25, 0.3) is 0 Å². The van der Waals surface area contributed by atoms with E-state index in [1.165, 1.54) is 32.1 Å². The van der Waals surface area contributed by atoms with Crippen molar-refractivity contribution in [3.63, 3.8) is 0 Å². The van der Waals surface area contributed by atoms with E-state index in [1.807, 2.05) is 0 Å². The Hall–Kier alpha value is -0.0800. The van der Waals surface area contributed by atoms with E-state index in [0.717, 1.165) is 19.1 Å². The Morgan fingerprint density at radius 3 is 2.38 bits per heavy atom. The third-order valence-electron chi connectivity index (χ3n) is 3.75. The first-order valence-corrected chi connectivity index (χ1v) is 6.99. The monoisotopic (exact) mass is 227 g/mol. The molecule has 0 aliphatic heterocycles. The third-order valence-corrected chi connectivity index (χ3v) is 3.75. The van der Waals surface area contributed by atoms with Gasteiger partial charge in [0.2, 0.25) is 0 Å². The Balaban J connectivity index is 2.60. The van der Waals surface area contributed by atoms with Crippen LogP contribution >= 0.6 is 0 Å². The molecule has 1 unspecified atom stereocenters. The molecule has 0 aromatic heterocycles. The molecule has 0 aromatic rings. The molecule has 0 heterocycles. The minimum absolute atomic E-state index is 0.0288. The minimum atomic E-state index is -0.0288. The first-order valence-electron chi connectivity index (χ1n) is 6.99. The largest absolute Gasteiger partial charge is 0.374 e. The molecule has 96 valence electrons.